The first-order valence-electron chi connectivity index (χ1n) is 9.31. The van der Waals surface area contributed by atoms with E-state index >= 15 is 0 Å². The van der Waals surface area contributed by atoms with Crippen molar-refractivity contribution in [3.63, 3.8) is 0 Å². The van der Waals surface area contributed by atoms with E-state index < -0.39 is 36.9 Å². The second kappa shape index (κ2) is 9.41. The van der Waals surface area contributed by atoms with Gasteiger partial charge in [0.25, 0.3) is 5.91 Å². The van der Waals surface area contributed by atoms with Crippen molar-refractivity contribution in [1.82, 2.24) is 0 Å². The van der Waals surface area contributed by atoms with Gasteiger partial charge in [0.15, 0.2) is 18.1 Å². The molecule has 0 spiro atoms. The zero-order chi connectivity index (χ0) is 22.5. The Hall–Kier alpha value is -3.69. The average Bonchev–Trinajstić information content (AvgIpc) is 2.85. The molecule has 1 heterocycles. The van der Waals surface area contributed by atoms with E-state index in [1.165, 1.54) is 30.2 Å². The quantitative estimate of drug-likeness (QED) is 0.702. The van der Waals surface area contributed by atoms with Crippen LogP contribution in [0.5, 0.6) is 11.5 Å². The molecule has 0 fully saturated rings. The van der Waals surface area contributed by atoms with Crippen LogP contribution in [-0.2, 0) is 14.3 Å². The summed E-state index contributed by atoms with van der Waals surface area (Å²) < 4.78 is 40.0. The van der Waals surface area contributed by atoms with E-state index in [1.807, 2.05) is 0 Å². The minimum atomic E-state index is -3.19. The summed E-state index contributed by atoms with van der Waals surface area (Å²) >= 11 is 0. The maximum atomic E-state index is 12.9. The highest BCUT2D eigenvalue weighted by atomic mass is 19.3. The standard InChI is InChI=1S/C21H20F2N2O6/c1-12-10-17(26)24-14-7-3-4-8-15(14)25(12)18(27)11-30-20(28)13-6-5-9-16(29-2)19(13)31-21(22)23/h3-9,12,21H,10-11H2,1-2H3,(H,24,26). The molecule has 1 aliphatic heterocycles. The van der Waals surface area contributed by atoms with Gasteiger partial charge in [0.2, 0.25) is 5.91 Å². The number of hydrogen-bond donors (Lipinski definition) is 1. The smallest absolute Gasteiger partial charge is 0.387 e. The van der Waals surface area contributed by atoms with Gasteiger partial charge in [0.05, 0.1) is 18.5 Å². The van der Waals surface area contributed by atoms with E-state index in [0.29, 0.717) is 11.4 Å². The van der Waals surface area contributed by atoms with Gasteiger partial charge in [0.1, 0.15) is 5.56 Å². The normalized spacial score (nSPS) is 15.6. The van der Waals surface area contributed by atoms with Crippen molar-refractivity contribution in [3.05, 3.63) is 48.0 Å². The molecule has 2 aromatic carbocycles. The lowest BCUT2D eigenvalue weighted by molar-refractivity contribution is -0.122. The van der Waals surface area contributed by atoms with Gasteiger partial charge >= 0.3 is 12.6 Å². The number of nitrogens with zero attached hydrogens (tertiary/aromatic N) is 1. The fourth-order valence-electron chi connectivity index (χ4n) is 3.29. The third-order valence-corrected chi connectivity index (χ3v) is 4.58. The molecule has 31 heavy (non-hydrogen) atoms. The summed E-state index contributed by atoms with van der Waals surface area (Å²) in [6.07, 6.45) is 0.0522. The molecule has 1 aliphatic rings. The highest BCUT2D eigenvalue weighted by molar-refractivity contribution is 6.05. The summed E-state index contributed by atoms with van der Waals surface area (Å²) in [4.78, 5) is 38.8. The van der Waals surface area contributed by atoms with Crippen LogP contribution in [0.3, 0.4) is 0 Å². The van der Waals surface area contributed by atoms with Gasteiger partial charge in [-0.3, -0.25) is 9.59 Å². The van der Waals surface area contributed by atoms with E-state index in [0.717, 1.165) is 0 Å². The second-order valence-corrected chi connectivity index (χ2v) is 6.67. The van der Waals surface area contributed by atoms with Crippen molar-refractivity contribution in [3.8, 4) is 11.5 Å². The van der Waals surface area contributed by atoms with Gasteiger partial charge in [-0.05, 0) is 31.2 Å². The summed E-state index contributed by atoms with van der Waals surface area (Å²) in [5.74, 6) is -2.43. The zero-order valence-corrected chi connectivity index (χ0v) is 16.8. The number of fused-ring (bicyclic) bond motifs is 1. The Labute approximate surface area is 176 Å². The summed E-state index contributed by atoms with van der Waals surface area (Å²) in [7, 11) is 1.24. The summed E-state index contributed by atoms with van der Waals surface area (Å²) in [5.41, 5.74) is 0.607. The van der Waals surface area contributed by atoms with E-state index in [4.69, 9.17) is 9.47 Å². The maximum Gasteiger partial charge on any atom is 0.387 e. The van der Waals surface area contributed by atoms with Crippen LogP contribution < -0.4 is 19.7 Å². The van der Waals surface area contributed by atoms with Gasteiger partial charge in [-0.1, -0.05) is 18.2 Å². The number of esters is 1. The zero-order valence-electron chi connectivity index (χ0n) is 16.8. The lowest BCUT2D eigenvalue weighted by Gasteiger charge is -2.27. The Balaban J connectivity index is 1.80. The summed E-state index contributed by atoms with van der Waals surface area (Å²) in [5, 5.41) is 2.72. The molecule has 0 aromatic heterocycles. The van der Waals surface area contributed by atoms with Crippen LogP contribution in [0.25, 0.3) is 0 Å². The third kappa shape index (κ3) is 4.90. The maximum absolute atomic E-state index is 12.9. The van der Waals surface area contributed by atoms with Gasteiger partial charge in [-0.15, -0.1) is 0 Å². The number of para-hydroxylation sites is 3. The number of amides is 2. The molecule has 0 aliphatic carbocycles. The monoisotopic (exact) mass is 434 g/mol. The minimum Gasteiger partial charge on any atom is -0.493 e. The van der Waals surface area contributed by atoms with Gasteiger partial charge in [0, 0.05) is 12.5 Å². The second-order valence-electron chi connectivity index (χ2n) is 6.67. The topological polar surface area (TPSA) is 94.2 Å². The average molecular weight is 434 g/mol. The highest BCUT2D eigenvalue weighted by Crippen LogP contribution is 2.34. The van der Waals surface area contributed by atoms with Crippen LogP contribution in [-0.4, -0.2) is 44.2 Å². The summed E-state index contributed by atoms with van der Waals surface area (Å²) in [6, 6.07) is 10.2. The number of ether oxygens (including phenoxy) is 3. The molecule has 8 nitrogen and oxygen atoms in total. The molecule has 0 saturated carbocycles. The number of anilines is 2. The van der Waals surface area contributed by atoms with E-state index in [9.17, 15) is 23.2 Å². The summed E-state index contributed by atoms with van der Waals surface area (Å²) in [6.45, 7) is -2.17. The molecule has 164 valence electrons. The van der Waals surface area contributed by atoms with Crippen LogP contribution >= 0.6 is 0 Å². The predicted molar refractivity (Wildman–Crippen MR) is 107 cm³/mol. The molecule has 1 atom stereocenters. The van der Waals surface area contributed by atoms with Gasteiger partial charge < -0.3 is 24.4 Å². The molecule has 0 saturated heterocycles. The number of nitrogens with one attached hydrogen (secondary N) is 1. The third-order valence-electron chi connectivity index (χ3n) is 4.58. The lowest BCUT2D eigenvalue weighted by atomic mass is 10.1. The number of benzene rings is 2. The molecule has 0 radical (unpaired) electrons. The first-order valence-corrected chi connectivity index (χ1v) is 9.31. The lowest BCUT2D eigenvalue weighted by Crippen LogP contribution is -2.41. The number of carbonyl (C=O) groups excluding carboxylic acids is 3. The molecule has 2 amide bonds. The van der Waals surface area contributed by atoms with E-state index in [1.54, 1.807) is 31.2 Å². The fraction of sp³-hybridized carbons (Fsp3) is 0.286. The van der Waals surface area contributed by atoms with E-state index in [2.05, 4.69) is 10.1 Å². The van der Waals surface area contributed by atoms with Gasteiger partial charge in [-0.2, -0.15) is 8.78 Å². The largest absolute Gasteiger partial charge is 0.493 e. The molecule has 3 rings (SSSR count). The van der Waals surface area contributed by atoms with Crippen LogP contribution in [0.1, 0.15) is 23.7 Å². The Morgan fingerprint density at radius 2 is 1.94 bits per heavy atom. The Kier molecular flexibility index (Phi) is 6.68. The molecule has 1 N–H and O–H groups in total. The van der Waals surface area contributed by atoms with Crippen molar-refractivity contribution in [2.75, 3.05) is 23.9 Å². The molecule has 0 bridgehead atoms. The number of rotatable bonds is 6. The Morgan fingerprint density at radius 3 is 2.65 bits per heavy atom. The van der Waals surface area contributed by atoms with Crippen molar-refractivity contribution in [2.24, 2.45) is 0 Å². The van der Waals surface area contributed by atoms with E-state index in [-0.39, 0.29) is 23.6 Å². The van der Waals surface area contributed by atoms with Crippen LogP contribution in [0, 0.1) is 0 Å². The minimum absolute atomic E-state index is 0.0522. The van der Waals surface area contributed by atoms with Crippen molar-refractivity contribution < 1.29 is 37.4 Å². The molecule has 10 heteroatoms. The van der Waals surface area contributed by atoms with Crippen LogP contribution in [0.2, 0.25) is 0 Å². The van der Waals surface area contributed by atoms with Crippen molar-refractivity contribution in [1.29, 1.82) is 0 Å². The van der Waals surface area contributed by atoms with Crippen LogP contribution in [0.15, 0.2) is 42.5 Å². The van der Waals surface area contributed by atoms with Crippen molar-refractivity contribution in [2.45, 2.75) is 26.0 Å². The fourth-order valence-corrected chi connectivity index (χ4v) is 3.29. The Morgan fingerprint density at radius 1 is 1.19 bits per heavy atom. The number of hydrogen-bond acceptors (Lipinski definition) is 6. The first kappa shape index (κ1) is 22.0. The number of alkyl halides is 2. The molecular formula is C21H20F2N2O6. The highest BCUT2D eigenvalue weighted by Gasteiger charge is 2.30. The molecular weight excluding hydrogens is 414 g/mol. The predicted octanol–water partition coefficient (Wildman–Crippen LogP) is 3.22. The van der Waals surface area contributed by atoms with Gasteiger partial charge in [-0.25, -0.2) is 4.79 Å². The number of halogens is 2. The Bertz CT molecular complexity index is 998. The van der Waals surface area contributed by atoms with Crippen LogP contribution in [0.4, 0.5) is 20.2 Å². The molecule has 2 aromatic rings. The first-order chi connectivity index (χ1) is 14.8. The number of methoxy groups -OCH3 is 1. The SMILES string of the molecule is COc1cccc(C(=O)OCC(=O)N2c3ccccc3NC(=O)CC2C)c1OC(F)F. The number of carbonyl (C=O) groups is 3. The molecule has 1 unspecified atom stereocenters. The van der Waals surface area contributed by atoms with Crippen molar-refractivity contribution >= 4 is 29.2 Å².